The minimum atomic E-state index is -0.607. The van der Waals surface area contributed by atoms with Crippen LogP contribution in [0.2, 0.25) is 0 Å². The van der Waals surface area contributed by atoms with Gasteiger partial charge >= 0.3 is 0 Å². The van der Waals surface area contributed by atoms with Crippen molar-refractivity contribution in [2.24, 2.45) is 5.92 Å². The van der Waals surface area contributed by atoms with Crippen LogP contribution in [0.5, 0.6) is 0 Å². The van der Waals surface area contributed by atoms with Gasteiger partial charge in [-0.05, 0) is 43.0 Å². The molecular weight excluding hydrogens is 394 g/mol. The van der Waals surface area contributed by atoms with E-state index >= 15 is 0 Å². The summed E-state index contributed by atoms with van der Waals surface area (Å²) in [6.07, 6.45) is 6.43. The third-order valence-electron chi connectivity index (χ3n) is 5.85. The Balaban J connectivity index is 1.77. The maximum atomic E-state index is 13.3. The minimum absolute atomic E-state index is 0.00965. The third-order valence-corrected chi connectivity index (χ3v) is 5.85. The van der Waals surface area contributed by atoms with Crippen LogP contribution in [0.4, 0.5) is 5.69 Å². The van der Waals surface area contributed by atoms with E-state index in [0.29, 0.717) is 11.3 Å². The molecule has 1 aliphatic rings. The highest BCUT2D eigenvalue weighted by Crippen LogP contribution is 2.20. The molecule has 166 valence electrons. The Morgan fingerprint density at radius 2 is 1.71 bits per heavy atom. The van der Waals surface area contributed by atoms with Crippen molar-refractivity contribution in [2.45, 2.75) is 52.0 Å². The number of anilines is 1. The standard InChI is InChI=1S/C24H31N3O4/c1-3-17(2)21(24(30)27-14-8-4-5-9-15-27)26-22(28)18-11-6-7-12-19(18)25-23(29)20-13-10-16-31-20/h6-7,10-13,16-17,21H,3-5,8-9,14-15H2,1-2H3,(H,25,29)(H,26,28)/t17-,21-/m1/s1. The summed E-state index contributed by atoms with van der Waals surface area (Å²) in [5.74, 6) is -0.705. The van der Waals surface area contributed by atoms with Gasteiger partial charge in [-0.3, -0.25) is 14.4 Å². The van der Waals surface area contributed by atoms with Crippen LogP contribution in [0, 0.1) is 5.92 Å². The minimum Gasteiger partial charge on any atom is -0.459 e. The summed E-state index contributed by atoms with van der Waals surface area (Å²) in [6, 6.07) is 9.33. The van der Waals surface area contributed by atoms with E-state index in [0.717, 1.165) is 45.2 Å². The largest absolute Gasteiger partial charge is 0.459 e. The predicted molar refractivity (Wildman–Crippen MR) is 119 cm³/mol. The van der Waals surface area contributed by atoms with Crippen molar-refractivity contribution in [3.63, 3.8) is 0 Å². The maximum absolute atomic E-state index is 13.3. The second-order valence-corrected chi connectivity index (χ2v) is 8.05. The van der Waals surface area contributed by atoms with Crippen LogP contribution in [0.1, 0.15) is 66.9 Å². The fourth-order valence-electron chi connectivity index (χ4n) is 3.77. The Kier molecular flexibility index (Phi) is 7.87. The Hall–Kier alpha value is -3.09. The smallest absolute Gasteiger partial charge is 0.291 e. The molecule has 1 aromatic carbocycles. The molecule has 31 heavy (non-hydrogen) atoms. The second kappa shape index (κ2) is 10.8. The first-order valence-electron chi connectivity index (χ1n) is 11.0. The van der Waals surface area contributed by atoms with Crippen molar-refractivity contribution in [1.29, 1.82) is 0 Å². The van der Waals surface area contributed by atoms with Gasteiger partial charge in [0, 0.05) is 13.1 Å². The number of hydrogen-bond acceptors (Lipinski definition) is 4. The summed E-state index contributed by atoms with van der Waals surface area (Å²) in [7, 11) is 0. The van der Waals surface area contributed by atoms with Crippen LogP contribution in [-0.4, -0.2) is 41.8 Å². The molecule has 0 unspecified atom stereocenters. The summed E-state index contributed by atoms with van der Waals surface area (Å²) < 4.78 is 5.12. The van der Waals surface area contributed by atoms with Gasteiger partial charge in [-0.2, -0.15) is 0 Å². The van der Waals surface area contributed by atoms with Gasteiger partial charge in [0.25, 0.3) is 11.8 Å². The Bertz CT molecular complexity index is 886. The van der Waals surface area contributed by atoms with Crippen LogP contribution >= 0.6 is 0 Å². The lowest BCUT2D eigenvalue weighted by Gasteiger charge is -2.30. The van der Waals surface area contributed by atoms with Crippen molar-refractivity contribution in [2.75, 3.05) is 18.4 Å². The van der Waals surface area contributed by atoms with E-state index in [1.54, 1.807) is 36.4 Å². The lowest BCUT2D eigenvalue weighted by atomic mass is 9.97. The molecule has 1 aromatic heterocycles. The summed E-state index contributed by atoms with van der Waals surface area (Å²) in [5.41, 5.74) is 0.672. The summed E-state index contributed by atoms with van der Waals surface area (Å²) in [5, 5.41) is 5.67. The highest BCUT2D eigenvalue weighted by Gasteiger charge is 2.31. The Morgan fingerprint density at radius 3 is 2.35 bits per heavy atom. The van der Waals surface area contributed by atoms with E-state index in [4.69, 9.17) is 4.42 Å². The molecule has 0 saturated carbocycles. The number of carbonyl (C=O) groups excluding carboxylic acids is 3. The van der Waals surface area contributed by atoms with Crippen molar-refractivity contribution in [3.05, 3.63) is 54.0 Å². The first-order valence-corrected chi connectivity index (χ1v) is 11.0. The van der Waals surface area contributed by atoms with Crippen molar-refractivity contribution in [3.8, 4) is 0 Å². The molecule has 0 radical (unpaired) electrons. The number of carbonyl (C=O) groups is 3. The number of nitrogens with one attached hydrogen (secondary N) is 2. The number of rotatable bonds is 7. The van der Waals surface area contributed by atoms with E-state index in [-0.39, 0.29) is 23.5 Å². The van der Waals surface area contributed by atoms with Gasteiger partial charge in [0.2, 0.25) is 5.91 Å². The van der Waals surface area contributed by atoms with E-state index in [1.807, 2.05) is 18.7 Å². The number of furan rings is 1. The van der Waals surface area contributed by atoms with Gasteiger partial charge in [-0.15, -0.1) is 0 Å². The number of hydrogen-bond donors (Lipinski definition) is 2. The van der Waals surface area contributed by atoms with Gasteiger partial charge in [0.05, 0.1) is 17.5 Å². The molecule has 0 spiro atoms. The van der Waals surface area contributed by atoms with E-state index in [2.05, 4.69) is 10.6 Å². The van der Waals surface area contributed by atoms with E-state index in [1.165, 1.54) is 6.26 Å². The van der Waals surface area contributed by atoms with E-state index in [9.17, 15) is 14.4 Å². The summed E-state index contributed by atoms with van der Waals surface area (Å²) >= 11 is 0. The van der Waals surface area contributed by atoms with E-state index < -0.39 is 11.9 Å². The van der Waals surface area contributed by atoms with Crippen molar-refractivity contribution < 1.29 is 18.8 Å². The number of nitrogens with zero attached hydrogens (tertiary/aromatic N) is 1. The number of para-hydroxylation sites is 1. The van der Waals surface area contributed by atoms with Crippen LogP contribution < -0.4 is 10.6 Å². The Labute approximate surface area is 183 Å². The number of amides is 3. The van der Waals surface area contributed by atoms with Crippen LogP contribution in [0.3, 0.4) is 0 Å². The maximum Gasteiger partial charge on any atom is 0.291 e. The topological polar surface area (TPSA) is 91.6 Å². The molecule has 7 nitrogen and oxygen atoms in total. The second-order valence-electron chi connectivity index (χ2n) is 8.05. The monoisotopic (exact) mass is 425 g/mol. The lowest BCUT2D eigenvalue weighted by molar-refractivity contribution is -0.134. The van der Waals surface area contributed by atoms with Gasteiger partial charge in [0.1, 0.15) is 6.04 Å². The van der Waals surface area contributed by atoms with Crippen molar-refractivity contribution >= 4 is 23.4 Å². The molecule has 7 heteroatoms. The van der Waals surface area contributed by atoms with Crippen LogP contribution in [-0.2, 0) is 4.79 Å². The molecule has 3 rings (SSSR count). The molecule has 2 aromatic rings. The molecule has 2 N–H and O–H groups in total. The molecule has 2 atom stereocenters. The highest BCUT2D eigenvalue weighted by molar-refractivity contribution is 6.08. The van der Waals surface area contributed by atoms with Gasteiger partial charge in [-0.25, -0.2) is 0 Å². The average molecular weight is 426 g/mol. The molecule has 0 bridgehead atoms. The van der Waals surface area contributed by atoms with Crippen molar-refractivity contribution in [1.82, 2.24) is 10.2 Å². The zero-order chi connectivity index (χ0) is 22.2. The average Bonchev–Trinajstić information content (AvgIpc) is 3.19. The quantitative estimate of drug-likeness (QED) is 0.699. The summed E-state index contributed by atoms with van der Waals surface area (Å²) in [4.78, 5) is 40.7. The molecule has 0 aliphatic carbocycles. The molecule has 1 saturated heterocycles. The lowest BCUT2D eigenvalue weighted by Crippen LogP contribution is -2.52. The molecule has 2 heterocycles. The van der Waals surface area contributed by atoms with Crippen LogP contribution in [0.25, 0.3) is 0 Å². The number of likely N-dealkylation sites (tertiary alicyclic amines) is 1. The SMILES string of the molecule is CC[C@@H](C)[C@@H](NC(=O)c1ccccc1NC(=O)c1ccco1)C(=O)N1CCCCCC1. The van der Waals surface area contributed by atoms with Gasteiger partial charge in [-0.1, -0.05) is 45.2 Å². The van der Waals surface area contributed by atoms with Gasteiger partial charge < -0.3 is 20.0 Å². The first-order chi connectivity index (χ1) is 15.0. The molecule has 1 fully saturated rings. The zero-order valence-electron chi connectivity index (χ0n) is 18.2. The normalized spacial score (nSPS) is 16.1. The highest BCUT2D eigenvalue weighted by atomic mass is 16.3. The Morgan fingerprint density at radius 1 is 1.00 bits per heavy atom. The molecular formula is C24H31N3O4. The first kappa shape index (κ1) is 22.6. The molecule has 3 amide bonds. The van der Waals surface area contributed by atoms with Crippen LogP contribution in [0.15, 0.2) is 47.1 Å². The fraction of sp³-hybridized carbons (Fsp3) is 0.458. The zero-order valence-corrected chi connectivity index (χ0v) is 18.2. The predicted octanol–water partition coefficient (Wildman–Crippen LogP) is 4.08. The molecule has 1 aliphatic heterocycles. The number of benzene rings is 1. The summed E-state index contributed by atoms with van der Waals surface area (Å²) in [6.45, 7) is 5.46. The van der Waals surface area contributed by atoms with Gasteiger partial charge in [0.15, 0.2) is 5.76 Å². The third kappa shape index (κ3) is 5.75. The fourth-order valence-corrected chi connectivity index (χ4v) is 3.77.